The van der Waals surface area contributed by atoms with Crippen LogP contribution in [-0.4, -0.2) is 48.1 Å². The first-order valence-corrected chi connectivity index (χ1v) is 8.58. The van der Waals surface area contributed by atoms with Crippen LogP contribution in [0.25, 0.3) is 0 Å². The number of benzene rings is 1. The second-order valence-corrected chi connectivity index (χ2v) is 6.14. The van der Waals surface area contributed by atoms with E-state index in [-0.39, 0.29) is 29.9 Å². The Morgan fingerprint density at radius 3 is 3.00 bits per heavy atom. The van der Waals surface area contributed by atoms with Crippen LogP contribution in [0, 0.1) is 0 Å². The fourth-order valence-corrected chi connectivity index (χ4v) is 2.95. The van der Waals surface area contributed by atoms with Gasteiger partial charge < -0.3 is 14.7 Å². The van der Waals surface area contributed by atoms with Crippen molar-refractivity contribution in [3.63, 3.8) is 0 Å². The summed E-state index contributed by atoms with van der Waals surface area (Å²) in [6.07, 6.45) is 8.28. The van der Waals surface area contributed by atoms with E-state index in [4.69, 9.17) is 4.74 Å². The Balaban J connectivity index is 2.09. The van der Waals surface area contributed by atoms with Crippen LogP contribution >= 0.6 is 0 Å². The fraction of sp³-hybridized carbons (Fsp3) is 0.350. The first kappa shape index (κ1) is 19.4. The summed E-state index contributed by atoms with van der Waals surface area (Å²) in [6.45, 7) is 6.06. The molecule has 1 saturated heterocycles. The third-order valence-electron chi connectivity index (χ3n) is 4.36. The van der Waals surface area contributed by atoms with Gasteiger partial charge in [-0.15, -0.1) is 0 Å². The Morgan fingerprint density at radius 1 is 1.46 bits per heavy atom. The molecule has 0 unspecified atom stereocenters. The maximum absolute atomic E-state index is 12.7. The predicted molar refractivity (Wildman–Crippen MR) is 101 cm³/mol. The maximum atomic E-state index is 12.7. The zero-order valence-corrected chi connectivity index (χ0v) is 14.9. The van der Waals surface area contributed by atoms with Gasteiger partial charge in [0.05, 0.1) is 11.6 Å². The molecule has 0 aliphatic carbocycles. The molecular formula is C20H24N2O4. The van der Waals surface area contributed by atoms with Crippen LogP contribution in [0.1, 0.15) is 36.5 Å². The first-order valence-electron chi connectivity index (χ1n) is 8.58. The standard InChI is InChI=1S/C20H24N2O4/c1-15(7-6-11-21-2)20(25)22-12-4-3-8-16(22)14-26-19-10-5-9-18(24)17(19)13-23/h5-7,9-11,13,16,24H,2-4,8,12,14H2,1H3/b11-6-,15-7+/t16-/m0/s1. The van der Waals surface area contributed by atoms with Crippen molar-refractivity contribution in [2.24, 2.45) is 4.99 Å². The molecule has 1 aromatic carbocycles. The summed E-state index contributed by atoms with van der Waals surface area (Å²) in [4.78, 5) is 29.3. The molecule has 1 atom stereocenters. The van der Waals surface area contributed by atoms with Gasteiger partial charge in [-0.1, -0.05) is 12.1 Å². The molecule has 1 heterocycles. The van der Waals surface area contributed by atoms with Gasteiger partial charge in [-0.25, -0.2) is 0 Å². The fourth-order valence-electron chi connectivity index (χ4n) is 2.95. The van der Waals surface area contributed by atoms with Gasteiger partial charge in [-0.3, -0.25) is 14.6 Å². The second-order valence-electron chi connectivity index (χ2n) is 6.14. The molecular weight excluding hydrogens is 332 g/mol. The average Bonchev–Trinajstić information content (AvgIpc) is 2.66. The van der Waals surface area contributed by atoms with Crippen molar-refractivity contribution >= 4 is 18.9 Å². The number of carbonyl (C=O) groups excluding carboxylic acids is 2. The topological polar surface area (TPSA) is 79.2 Å². The van der Waals surface area contributed by atoms with Gasteiger partial charge in [-0.05, 0) is 51.1 Å². The molecule has 26 heavy (non-hydrogen) atoms. The van der Waals surface area contributed by atoms with E-state index >= 15 is 0 Å². The first-order chi connectivity index (χ1) is 12.6. The van der Waals surface area contributed by atoms with Crippen molar-refractivity contribution in [3.05, 3.63) is 47.7 Å². The smallest absolute Gasteiger partial charge is 0.249 e. The number of allylic oxidation sites excluding steroid dienone is 2. The van der Waals surface area contributed by atoms with Crippen LogP contribution in [0.15, 0.2) is 47.1 Å². The molecule has 2 rings (SSSR count). The minimum Gasteiger partial charge on any atom is -0.507 e. The van der Waals surface area contributed by atoms with Gasteiger partial charge in [0.1, 0.15) is 18.1 Å². The number of nitrogens with zero attached hydrogens (tertiary/aromatic N) is 2. The molecule has 0 radical (unpaired) electrons. The number of piperidine rings is 1. The van der Waals surface area contributed by atoms with E-state index in [2.05, 4.69) is 11.7 Å². The number of hydrogen-bond donors (Lipinski definition) is 1. The lowest BCUT2D eigenvalue weighted by atomic mass is 10.0. The summed E-state index contributed by atoms with van der Waals surface area (Å²) in [5.74, 6) is 0.166. The summed E-state index contributed by atoms with van der Waals surface area (Å²) in [6, 6.07) is 4.61. The van der Waals surface area contributed by atoms with Gasteiger partial charge in [0.25, 0.3) is 0 Å². The molecule has 1 N–H and O–H groups in total. The van der Waals surface area contributed by atoms with Gasteiger partial charge in [0.15, 0.2) is 6.29 Å². The second kappa shape index (κ2) is 9.56. The minimum absolute atomic E-state index is 0.0430. The average molecular weight is 356 g/mol. The normalized spacial score (nSPS) is 18.0. The van der Waals surface area contributed by atoms with Gasteiger partial charge >= 0.3 is 0 Å². The Kier molecular flexibility index (Phi) is 7.14. The Hall–Kier alpha value is -2.89. The van der Waals surface area contributed by atoms with E-state index in [0.717, 1.165) is 19.3 Å². The van der Waals surface area contributed by atoms with Crippen molar-refractivity contribution in [1.82, 2.24) is 4.90 Å². The third-order valence-corrected chi connectivity index (χ3v) is 4.36. The van der Waals surface area contributed by atoms with Gasteiger partial charge in [0.2, 0.25) is 5.91 Å². The van der Waals surface area contributed by atoms with Gasteiger partial charge in [0, 0.05) is 18.3 Å². The number of phenols is 1. The van der Waals surface area contributed by atoms with Crippen LogP contribution in [0.3, 0.4) is 0 Å². The molecule has 1 amide bonds. The summed E-state index contributed by atoms with van der Waals surface area (Å²) >= 11 is 0. The number of carbonyl (C=O) groups is 2. The van der Waals surface area contributed by atoms with Crippen molar-refractivity contribution in [1.29, 1.82) is 0 Å². The molecule has 1 aliphatic rings. The predicted octanol–water partition coefficient (Wildman–Crippen LogP) is 3.13. The molecule has 0 aromatic heterocycles. The third kappa shape index (κ3) is 4.81. The minimum atomic E-state index is -0.115. The largest absolute Gasteiger partial charge is 0.507 e. The Morgan fingerprint density at radius 2 is 2.27 bits per heavy atom. The van der Waals surface area contributed by atoms with Crippen molar-refractivity contribution in [2.45, 2.75) is 32.2 Å². The zero-order valence-electron chi connectivity index (χ0n) is 14.9. The molecule has 1 aliphatic heterocycles. The highest BCUT2D eigenvalue weighted by Gasteiger charge is 2.28. The van der Waals surface area contributed by atoms with E-state index in [9.17, 15) is 14.7 Å². The van der Waals surface area contributed by atoms with Crippen LogP contribution in [0.4, 0.5) is 0 Å². The van der Waals surface area contributed by atoms with Crippen LogP contribution in [0.2, 0.25) is 0 Å². The lowest BCUT2D eigenvalue weighted by molar-refractivity contribution is -0.131. The van der Waals surface area contributed by atoms with Crippen LogP contribution in [0.5, 0.6) is 11.5 Å². The molecule has 1 aromatic rings. The quantitative estimate of drug-likeness (QED) is 0.352. The summed E-state index contributed by atoms with van der Waals surface area (Å²) in [5, 5.41) is 9.74. The number of hydrogen-bond acceptors (Lipinski definition) is 5. The Bertz CT molecular complexity index is 725. The van der Waals surface area contributed by atoms with E-state index in [1.165, 1.54) is 12.3 Å². The molecule has 6 heteroatoms. The lowest BCUT2D eigenvalue weighted by Gasteiger charge is -2.36. The zero-order chi connectivity index (χ0) is 18.9. The highest BCUT2D eigenvalue weighted by molar-refractivity contribution is 5.93. The van der Waals surface area contributed by atoms with Crippen LogP contribution in [-0.2, 0) is 4.79 Å². The lowest BCUT2D eigenvalue weighted by Crippen LogP contribution is -2.47. The maximum Gasteiger partial charge on any atom is 0.249 e. The van der Waals surface area contributed by atoms with E-state index in [0.29, 0.717) is 24.2 Å². The number of aldehydes is 1. The summed E-state index contributed by atoms with van der Waals surface area (Å²) in [7, 11) is 0. The molecule has 1 fully saturated rings. The molecule has 0 spiro atoms. The molecule has 0 saturated carbocycles. The molecule has 138 valence electrons. The number of aromatic hydroxyl groups is 1. The number of ether oxygens (including phenoxy) is 1. The van der Waals surface area contributed by atoms with Crippen molar-refractivity contribution in [2.75, 3.05) is 13.2 Å². The highest BCUT2D eigenvalue weighted by atomic mass is 16.5. The van der Waals surface area contributed by atoms with E-state index in [1.807, 2.05) is 4.90 Å². The Labute approximate surface area is 153 Å². The number of phenolic OH excluding ortho intramolecular Hbond substituents is 1. The van der Waals surface area contributed by atoms with Gasteiger partial charge in [-0.2, -0.15) is 0 Å². The summed E-state index contributed by atoms with van der Waals surface area (Å²) < 4.78 is 5.77. The van der Waals surface area contributed by atoms with E-state index in [1.54, 1.807) is 31.2 Å². The monoisotopic (exact) mass is 356 g/mol. The number of aliphatic imine (C=N–C) groups is 1. The number of likely N-dealkylation sites (tertiary alicyclic amines) is 1. The van der Waals surface area contributed by atoms with E-state index < -0.39 is 0 Å². The number of amides is 1. The molecule has 6 nitrogen and oxygen atoms in total. The van der Waals surface area contributed by atoms with Crippen molar-refractivity contribution < 1.29 is 19.4 Å². The van der Waals surface area contributed by atoms with Crippen molar-refractivity contribution in [3.8, 4) is 11.5 Å². The highest BCUT2D eigenvalue weighted by Crippen LogP contribution is 2.27. The summed E-state index contributed by atoms with van der Waals surface area (Å²) in [5.41, 5.74) is 0.738. The molecule has 0 bridgehead atoms. The SMILES string of the molecule is C=N/C=C\C=C(/C)C(=O)N1CCCC[C@H]1COc1cccc(O)c1C=O. The van der Waals surface area contributed by atoms with Crippen LogP contribution < -0.4 is 4.74 Å². The number of rotatable bonds is 7.